The Hall–Kier alpha value is -1.37. The molecule has 2 rings (SSSR count). The maximum absolute atomic E-state index is 4.26. The van der Waals surface area contributed by atoms with Gasteiger partial charge in [0.2, 0.25) is 0 Å². The van der Waals surface area contributed by atoms with E-state index >= 15 is 0 Å². The fraction of sp³-hybridized carbons (Fsp3) is 0.500. The van der Waals surface area contributed by atoms with Gasteiger partial charge in [0.05, 0.1) is 0 Å². The molecule has 0 atom stereocenters. The molecule has 0 aliphatic carbocycles. The van der Waals surface area contributed by atoms with Gasteiger partial charge < -0.3 is 0 Å². The summed E-state index contributed by atoms with van der Waals surface area (Å²) in [6.45, 7) is 15.0. The van der Waals surface area contributed by atoms with E-state index in [-0.39, 0.29) is 0 Å². The number of rotatable bonds is 1. The van der Waals surface area contributed by atoms with Crippen molar-refractivity contribution in [3.05, 3.63) is 41.5 Å². The van der Waals surface area contributed by atoms with Crippen molar-refractivity contribution in [2.24, 2.45) is 4.99 Å². The Kier molecular flexibility index (Phi) is 15.4. The minimum Gasteiger partial charge on any atom is -0.292 e. The summed E-state index contributed by atoms with van der Waals surface area (Å²) >= 11 is 0. The molecule has 0 aromatic heterocycles. The third kappa shape index (κ3) is 8.36. The van der Waals surface area contributed by atoms with Crippen LogP contribution in [0.15, 0.2) is 35.3 Å². The van der Waals surface area contributed by atoms with E-state index in [1.165, 1.54) is 16.7 Å². The number of hydrogen-bond acceptors (Lipinski definition) is 1. The highest BCUT2D eigenvalue weighted by atomic mass is 14.7. The first-order valence-corrected chi connectivity index (χ1v) is 7.63. The van der Waals surface area contributed by atoms with Crippen molar-refractivity contribution in [2.45, 2.75) is 54.9 Å². The van der Waals surface area contributed by atoms with Crippen molar-refractivity contribution in [1.29, 1.82) is 0 Å². The van der Waals surface area contributed by atoms with Gasteiger partial charge >= 0.3 is 0 Å². The zero-order chi connectivity index (χ0) is 15.1. The molecule has 0 saturated carbocycles. The van der Waals surface area contributed by atoms with Gasteiger partial charge in [-0.15, -0.1) is 0 Å². The minimum absolute atomic E-state index is 0.940. The lowest BCUT2D eigenvalue weighted by atomic mass is 10.0. The summed E-state index contributed by atoms with van der Waals surface area (Å²) in [5.74, 6) is 0. The van der Waals surface area contributed by atoms with E-state index in [4.69, 9.17) is 0 Å². The van der Waals surface area contributed by atoms with Gasteiger partial charge in [0.25, 0.3) is 0 Å². The fourth-order valence-electron chi connectivity index (χ4n) is 1.45. The lowest BCUT2D eigenvalue weighted by Gasteiger charge is -2.06. The van der Waals surface area contributed by atoms with Gasteiger partial charge in [-0.2, -0.15) is 0 Å². The van der Waals surface area contributed by atoms with E-state index in [9.17, 15) is 0 Å². The summed E-state index contributed by atoms with van der Waals surface area (Å²) in [7, 11) is 0. The molecule has 108 valence electrons. The monoisotopic (exact) mass is 261 g/mol. The highest BCUT2D eigenvalue weighted by Gasteiger charge is 2.00. The molecule has 19 heavy (non-hydrogen) atoms. The molecule has 1 aromatic rings. The first-order chi connectivity index (χ1) is 9.36. The molecule has 0 fully saturated rings. The number of nitrogens with zero attached hydrogens (tertiary/aromatic N) is 1. The molecule has 0 unspecified atom stereocenters. The third-order valence-electron chi connectivity index (χ3n) is 2.24. The molecule has 1 heteroatoms. The summed E-state index contributed by atoms with van der Waals surface area (Å²) in [5, 5.41) is 0. The van der Waals surface area contributed by atoms with E-state index in [1.807, 2.05) is 47.8 Å². The molecule has 1 heterocycles. The van der Waals surface area contributed by atoms with Crippen LogP contribution in [0.25, 0.3) is 5.57 Å². The van der Waals surface area contributed by atoms with E-state index in [0.717, 1.165) is 13.0 Å². The fourth-order valence-corrected chi connectivity index (χ4v) is 1.45. The average molecular weight is 261 g/mol. The van der Waals surface area contributed by atoms with Crippen LogP contribution in [0.1, 0.15) is 59.1 Å². The number of benzene rings is 1. The van der Waals surface area contributed by atoms with Crippen molar-refractivity contribution in [3.8, 4) is 0 Å². The second-order valence-electron chi connectivity index (χ2n) is 3.35. The lowest BCUT2D eigenvalue weighted by Crippen LogP contribution is -1.93. The number of allylic oxidation sites excluding steroid dienone is 1. The zero-order valence-corrected chi connectivity index (χ0v) is 13.8. The van der Waals surface area contributed by atoms with E-state index in [2.05, 4.69) is 42.3 Å². The summed E-state index contributed by atoms with van der Waals surface area (Å²) in [6.07, 6.45) is 5.28. The topological polar surface area (TPSA) is 12.4 Å². The number of dihydropyridines is 1. The Morgan fingerprint density at radius 1 is 0.842 bits per heavy atom. The van der Waals surface area contributed by atoms with E-state index < -0.39 is 0 Å². The molecule has 1 aliphatic rings. The second kappa shape index (κ2) is 14.7. The average Bonchev–Trinajstić information content (AvgIpc) is 2.55. The second-order valence-corrected chi connectivity index (χ2v) is 3.35. The molecule has 0 radical (unpaired) electrons. The largest absolute Gasteiger partial charge is 0.292 e. The van der Waals surface area contributed by atoms with E-state index in [1.54, 1.807) is 0 Å². The number of aliphatic imine (C=N–C) groups is 1. The molecule has 1 aliphatic heterocycles. The van der Waals surface area contributed by atoms with Crippen LogP contribution in [0.5, 0.6) is 0 Å². The molecule has 0 N–H and O–H groups in total. The molecule has 1 nitrogen and oxygen atoms in total. The molecule has 0 saturated heterocycles. The first kappa shape index (κ1) is 20.0. The van der Waals surface area contributed by atoms with Crippen LogP contribution in [0.2, 0.25) is 0 Å². The van der Waals surface area contributed by atoms with Gasteiger partial charge in [-0.05, 0) is 24.5 Å². The summed E-state index contributed by atoms with van der Waals surface area (Å²) in [6, 6.07) is 8.58. The zero-order valence-electron chi connectivity index (χ0n) is 13.8. The Bertz CT molecular complexity index is 344. The third-order valence-corrected chi connectivity index (χ3v) is 2.24. The minimum atomic E-state index is 0.940. The Labute approximate surface area is 120 Å². The van der Waals surface area contributed by atoms with E-state index in [0.29, 0.717) is 0 Å². The summed E-state index contributed by atoms with van der Waals surface area (Å²) in [4.78, 5) is 4.26. The first-order valence-electron chi connectivity index (χ1n) is 7.63. The normalized spacial score (nSPS) is 11.6. The van der Waals surface area contributed by atoms with Crippen molar-refractivity contribution < 1.29 is 0 Å². The highest BCUT2D eigenvalue weighted by Crippen LogP contribution is 2.16. The van der Waals surface area contributed by atoms with Gasteiger partial charge in [-0.3, -0.25) is 4.99 Å². The van der Waals surface area contributed by atoms with Gasteiger partial charge in [0, 0.05) is 12.8 Å². The summed E-state index contributed by atoms with van der Waals surface area (Å²) in [5.41, 5.74) is 3.83. The van der Waals surface area contributed by atoms with Crippen LogP contribution in [0.3, 0.4) is 0 Å². The smallest absolute Gasteiger partial charge is 0.0424 e. The predicted molar refractivity (Wildman–Crippen MR) is 91.2 cm³/mol. The van der Waals surface area contributed by atoms with Crippen molar-refractivity contribution in [1.82, 2.24) is 0 Å². The Balaban J connectivity index is 0. The quantitative estimate of drug-likeness (QED) is 0.594. The number of aryl methyl sites for hydroxylation is 1. The van der Waals surface area contributed by atoms with Crippen molar-refractivity contribution in [3.63, 3.8) is 0 Å². The molecule has 0 bridgehead atoms. The maximum atomic E-state index is 4.26. The lowest BCUT2D eigenvalue weighted by molar-refractivity contribution is 1.01. The van der Waals surface area contributed by atoms with Crippen molar-refractivity contribution in [2.75, 3.05) is 6.54 Å². The molecule has 0 amide bonds. The van der Waals surface area contributed by atoms with Crippen LogP contribution >= 0.6 is 0 Å². The maximum Gasteiger partial charge on any atom is 0.0424 e. The highest BCUT2D eigenvalue weighted by molar-refractivity contribution is 6.10. The standard InChI is InChI=1S/C12H13N.3C2H6/c1-10-4-6-11(7-5-10)12-3-2-8-13-9-12;3*1-2/h3-7,9H,2,8H2,1H3;3*1-2H3. The van der Waals surface area contributed by atoms with Crippen LogP contribution in [-0.4, -0.2) is 12.8 Å². The van der Waals surface area contributed by atoms with Gasteiger partial charge in [0.15, 0.2) is 0 Å². The van der Waals surface area contributed by atoms with Crippen molar-refractivity contribution >= 4 is 11.8 Å². The predicted octanol–water partition coefficient (Wildman–Crippen LogP) is 5.93. The molecule has 1 aromatic carbocycles. The Morgan fingerprint density at radius 2 is 1.37 bits per heavy atom. The number of hydrogen-bond donors (Lipinski definition) is 0. The van der Waals surface area contributed by atoms with Crippen LogP contribution in [0, 0.1) is 6.92 Å². The van der Waals surface area contributed by atoms with Crippen LogP contribution in [-0.2, 0) is 0 Å². The van der Waals surface area contributed by atoms with Gasteiger partial charge in [-0.25, -0.2) is 0 Å². The van der Waals surface area contributed by atoms with Gasteiger partial charge in [-0.1, -0.05) is 77.4 Å². The van der Waals surface area contributed by atoms with Crippen LogP contribution < -0.4 is 0 Å². The summed E-state index contributed by atoms with van der Waals surface area (Å²) < 4.78 is 0. The Morgan fingerprint density at radius 3 is 1.79 bits per heavy atom. The van der Waals surface area contributed by atoms with Gasteiger partial charge in [0.1, 0.15) is 0 Å². The SMILES string of the molecule is CC.CC.CC.Cc1ccc(C2=CCCN=C2)cc1. The van der Waals surface area contributed by atoms with Crippen LogP contribution in [0.4, 0.5) is 0 Å². The molecule has 0 spiro atoms. The molecular formula is C18H31N. The molecular weight excluding hydrogens is 230 g/mol.